The van der Waals surface area contributed by atoms with E-state index in [0.717, 1.165) is 25.7 Å². The highest BCUT2D eigenvalue weighted by Crippen LogP contribution is 2.16. The first-order chi connectivity index (χ1) is 11.7. The SMILES string of the molecule is CCCCCCC(=O)Nc1ccccc1C(=O)NCc1ccco1. The van der Waals surface area contributed by atoms with Gasteiger partial charge in [-0.2, -0.15) is 0 Å². The van der Waals surface area contributed by atoms with E-state index in [4.69, 9.17) is 4.42 Å². The fourth-order valence-electron chi connectivity index (χ4n) is 2.39. The predicted molar refractivity (Wildman–Crippen MR) is 93.7 cm³/mol. The number of amides is 2. The highest BCUT2D eigenvalue weighted by molar-refractivity contribution is 6.03. The highest BCUT2D eigenvalue weighted by Gasteiger charge is 2.13. The Kier molecular flexibility index (Phi) is 7.08. The van der Waals surface area contributed by atoms with Gasteiger partial charge in [-0.25, -0.2) is 0 Å². The van der Waals surface area contributed by atoms with Crippen molar-refractivity contribution in [3.05, 3.63) is 54.0 Å². The van der Waals surface area contributed by atoms with Gasteiger partial charge in [-0.1, -0.05) is 38.3 Å². The van der Waals surface area contributed by atoms with Gasteiger partial charge in [0.25, 0.3) is 5.91 Å². The van der Waals surface area contributed by atoms with Crippen molar-refractivity contribution >= 4 is 17.5 Å². The molecule has 1 heterocycles. The van der Waals surface area contributed by atoms with Gasteiger partial charge in [0.1, 0.15) is 5.76 Å². The Bertz CT molecular complexity index is 650. The number of rotatable bonds is 9. The summed E-state index contributed by atoms with van der Waals surface area (Å²) in [7, 11) is 0. The molecule has 0 radical (unpaired) electrons. The van der Waals surface area contributed by atoms with E-state index in [1.807, 2.05) is 0 Å². The first-order valence-corrected chi connectivity index (χ1v) is 8.40. The molecule has 0 spiro atoms. The summed E-state index contributed by atoms with van der Waals surface area (Å²) in [4.78, 5) is 24.4. The minimum Gasteiger partial charge on any atom is -0.467 e. The molecule has 0 aliphatic heterocycles. The van der Waals surface area contributed by atoms with Crippen molar-refractivity contribution in [2.24, 2.45) is 0 Å². The van der Waals surface area contributed by atoms with E-state index in [1.165, 1.54) is 0 Å². The predicted octanol–water partition coefficient (Wildman–Crippen LogP) is 4.12. The van der Waals surface area contributed by atoms with Gasteiger partial charge in [-0.3, -0.25) is 9.59 Å². The van der Waals surface area contributed by atoms with Gasteiger partial charge in [0.05, 0.1) is 24.1 Å². The van der Waals surface area contributed by atoms with Gasteiger partial charge in [0.2, 0.25) is 5.91 Å². The van der Waals surface area contributed by atoms with Crippen LogP contribution in [0.2, 0.25) is 0 Å². The molecule has 24 heavy (non-hydrogen) atoms. The molecule has 0 saturated carbocycles. The maximum atomic E-state index is 12.3. The van der Waals surface area contributed by atoms with E-state index in [-0.39, 0.29) is 11.8 Å². The van der Waals surface area contributed by atoms with E-state index < -0.39 is 0 Å². The number of carbonyl (C=O) groups excluding carboxylic acids is 2. The Morgan fingerprint density at radius 1 is 1.04 bits per heavy atom. The Labute approximate surface area is 142 Å². The standard InChI is InChI=1S/C19H24N2O3/c1-2-3-4-5-12-18(22)21-17-11-7-6-10-16(17)19(23)20-14-15-9-8-13-24-15/h6-11,13H,2-5,12,14H2,1H3,(H,20,23)(H,21,22). The molecule has 5 nitrogen and oxygen atoms in total. The number of furan rings is 1. The largest absolute Gasteiger partial charge is 0.467 e. The second-order valence-corrected chi connectivity index (χ2v) is 5.67. The van der Waals surface area contributed by atoms with E-state index in [2.05, 4.69) is 17.6 Å². The number of hydrogen-bond acceptors (Lipinski definition) is 3. The Balaban J connectivity index is 1.91. The molecule has 0 saturated heterocycles. The average molecular weight is 328 g/mol. The number of hydrogen-bond donors (Lipinski definition) is 2. The van der Waals surface area contributed by atoms with E-state index in [1.54, 1.807) is 42.7 Å². The third-order valence-electron chi connectivity index (χ3n) is 3.71. The van der Waals surface area contributed by atoms with Crippen LogP contribution in [0, 0.1) is 0 Å². The first-order valence-electron chi connectivity index (χ1n) is 8.40. The van der Waals surface area contributed by atoms with Gasteiger partial charge >= 0.3 is 0 Å². The van der Waals surface area contributed by atoms with Crippen molar-refractivity contribution in [2.45, 2.75) is 45.6 Å². The number of carbonyl (C=O) groups is 2. The third kappa shape index (κ3) is 5.57. The second-order valence-electron chi connectivity index (χ2n) is 5.67. The van der Waals surface area contributed by atoms with Crippen LogP contribution in [0.3, 0.4) is 0 Å². The molecule has 0 aliphatic rings. The van der Waals surface area contributed by atoms with E-state index in [0.29, 0.717) is 30.0 Å². The zero-order valence-corrected chi connectivity index (χ0v) is 14.0. The average Bonchev–Trinajstić information content (AvgIpc) is 3.10. The molecule has 2 rings (SSSR count). The number of anilines is 1. The summed E-state index contributed by atoms with van der Waals surface area (Å²) in [6.45, 7) is 2.45. The summed E-state index contributed by atoms with van der Waals surface area (Å²) in [5, 5.41) is 5.63. The zero-order valence-electron chi connectivity index (χ0n) is 14.0. The molecular formula is C19H24N2O3. The summed E-state index contributed by atoms with van der Waals surface area (Å²) in [5.41, 5.74) is 0.987. The van der Waals surface area contributed by atoms with Crippen LogP contribution in [0.15, 0.2) is 47.1 Å². The number of para-hydroxylation sites is 1. The summed E-state index contributed by atoms with van der Waals surface area (Å²) in [5.74, 6) is 0.381. The smallest absolute Gasteiger partial charge is 0.253 e. The summed E-state index contributed by atoms with van der Waals surface area (Å²) < 4.78 is 5.19. The monoisotopic (exact) mass is 328 g/mol. The van der Waals surface area contributed by atoms with Crippen LogP contribution in [0.4, 0.5) is 5.69 Å². The zero-order chi connectivity index (χ0) is 17.2. The Morgan fingerprint density at radius 2 is 1.88 bits per heavy atom. The van der Waals surface area contributed by atoms with Gasteiger partial charge in [0.15, 0.2) is 0 Å². The number of nitrogens with one attached hydrogen (secondary N) is 2. The topological polar surface area (TPSA) is 71.3 Å². The number of unbranched alkanes of at least 4 members (excludes halogenated alkanes) is 3. The van der Waals surface area contributed by atoms with Crippen LogP contribution in [0.5, 0.6) is 0 Å². The molecule has 2 aromatic rings. The molecule has 0 aliphatic carbocycles. The fraction of sp³-hybridized carbons (Fsp3) is 0.368. The van der Waals surface area contributed by atoms with Crippen LogP contribution in [0.25, 0.3) is 0 Å². The van der Waals surface area contributed by atoms with Gasteiger partial charge in [-0.05, 0) is 30.7 Å². The molecular weight excluding hydrogens is 304 g/mol. The first kappa shape index (κ1) is 17.8. The van der Waals surface area contributed by atoms with Crippen molar-refractivity contribution < 1.29 is 14.0 Å². The normalized spacial score (nSPS) is 10.4. The summed E-state index contributed by atoms with van der Waals surface area (Å²) in [6, 6.07) is 10.6. The van der Waals surface area contributed by atoms with Crippen LogP contribution in [0.1, 0.15) is 55.1 Å². The molecule has 2 N–H and O–H groups in total. The molecule has 1 aromatic carbocycles. The molecule has 0 unspecified atom stereocenters. The molecule has 0 fully saturated rings. The van der Waals surface area contributed by atoms with Crippen LogP contribution in [-0.2, 0) is 11.3 Å². The molecule has 128 valence electrons. The molecule has 0 bridgehead atoms. The van der Waals surface area contributed by atoms with Gasteiger partial charge < -0.3 is 15.1 Å². The van der Waals surface area contributed by atoms with Crippen LogP contribution >= 0.6 is 0 Å². The van der Waals surface area contributed by atoms with Crippen molar-refractivity contribution in [3.8, 4) is 0 Å². The van der Waals surface area contributed by atoms with Crippen molar-refractivity contribution in [1.82, 2.24) is 5.32 Å². The lowest BCUT2D eigenvalue weighted by molar-refractivity contribution is -0.116. The van der Waals surface area contributed by atoms with Gasteiger partial charge in [-0.15, -0.1) is 0 Å². The number of benzene rings is 1. The molecule has 2 amide bonds. The lowest BCUT2D eigenvalue weighted by Gasteiger charge is -2.11. The van der Waals surface area contributed by atoms with Gasteiger partial charge in [0, 0.05) is 6.42 Å². The van der Waals surface area contributed by atoms with Crippen molar-refractivity contribution in [3.63, 3.8) is 0 Å². The third-order valence-corrected chi connectivity index (χ3v) is 3.71. The Hall–Kier alpha value is -2.56. The summed E-state index contributed by atoms with van der Waals surface area (Å²) >= 11 is 0. The molecule has 1 aromatic heterocycles. The maximum Gasteiger partial charge on any atom is 0.253 e. The quantitative estimate of drug-likeness (QED) is 0.680. The molecule has 0 atom stereocenters. The van der Waals surface area contributed by atoms with E-state index >= 15 is 0 Å². The second kappa shape index (κ2) is 9.55. The highest BCUT2D eigenvalue weighted by atomic mass is 16.3. The maximum absolute atomic E-state index is 12.3. The molecule has 5 heteroatoms. The van der Waals surface area contributed by atoms with E-state index in [9.17, 15) is 9.59 Å². The van der Waals surface area contributed by atoms with Crippen LogP contribution < -0.4 is 10.6 Å². The van der Waals surface area contributed by atoms with Crippen molar-refractivity contribution in [1.29, 1.82) is 0 Å². The fourth-order valence-corrected chi connectivity index (χ4v) is 2.39. The lowest BCUT2D eigenvalue weighted by Crippen LogP contribution is -2.24. The summed E-state index contributed by atoms with van der Waals surface area (Å²) in [6.07, 6.45) is 6.23. The minimum atomic E-state index is -0.242. The lowest BCUT2D eigenvalue weighted by atomic mass is 10.1. The van der Waals surface area contributed by atoms with Crippen LogP contribution in [-0.4, -0.2) is 11.8 Å². The van der Waals surface area contributed by atoms with Crippen molar-refractivity contribution in [2.75, 3.05) is 5.32 Å². The Morgan fingerprint density at radius 3 is 2.62 bits per heavy atom. The minimum absolute atomic E-state index is 0.0580.